The Labute approximate surface area is 192 Å². The first kappa shape index (κ1) is 24.1. The molecule has 5 nitrogen and oxygen atoms in total. The standard InChI is InChI=1S/C20H24N2O.C7H13NO/c1-15(22-13-6-3-7-14-22)17-11-8-12-18(19(17)21)20(23)16-9-4-2-5-10-16;8-7-3-1-6(5-9)2-4-7/h2,4-5,8-12,15H,3,6-7,13-14,21H2,1H3;5-7H,1-4,8H2. The van der Waals surface area contributed by atoms with E-state index >= 15 is 0 Å². The third-order valence-corrected chi connectivity index (χ3v) is 6.82. The molecule has 1 aliphatic carbocycles. The molecule has 1 heterocycles. The molecule has 4 rings (SSSR count). The number of nitrogens with zero attached hydrogens (tertiary/aromatic N) is 1. The monoisotopic (exact) mass is 435 g/mol. The number of anilines is 1. The molecule has 1 aliphatic heterocycles. The molecule has 0 bridgehead atoms. The van der Waals surface area contributed by atoms with E-state index in [1.807, 2.05) is 42.5 Å². The maximum absolute atomic E-state index is 12.7. The van der Waals surface area contributed by atoms with Crippen molar-refractivity contribution < 1.29 is 9.59 Å². The van der Waals surface area contributed by atoms with Gasteiger partial charge < -0.3 is 16.3 Å². The van der Waals surface area contributed by atoms with Gasteiger partial charge in [0.15, 0.2) is 5.78 Å². The molecule has 2 aromatic rings. The number of piperidine rings is 1. The summed E-state index contributed by atoms with van der Waals surface area (Å²) in [5.74, 6) is 0.306. The zero-order chi connectivity index (χ0) is 22.9. The van der Waals surface area contributed by atoms with Crippen LogP contribution in [0.1, 0.15) is 79.4 Å². The summed E-state index contributed by atoms with van der Waals surface area (Å²) in [5.41, 5.74) is 15.0. The van der Waals surface area contributed by atoms with Crippen molar-refractivity contribution in [2.45, 2.75) is 64.0 Å². The number of benzene rings is 2. The highest BCUT2D eigenvalue weighted by Crippen LogP contribution is 2.31. The Morgan fingerprint density at radius 3 is 2.25 bits per heavy atom. The van der Waals surface area contributed by atoms with E-state index in [0.29, 0.717) is 28.8 Å². The maximum atomic E-state index is 12.7. The summed E-state index contributed by atoms with van der Waals surface area (Å²) in [6.45, 7) is 4.41. The van der Waals surface area contributed by atoms with E-state index in [-0.39, 0.29) is 11.8 Å². The van der Waals surface area contributed by atoms with Crippen LogP contribution in [0.4, 0.5) is 5.69 Å². The van der Waals surface area contributed by atoms with Crippen LogP contribution in [0.5, 0.6) is 0 Å². The van der Waals surface area contributed by atoms with Crippen LogP contribution in [0.25, 0.3) is 0 Å². The fraction of sp³-hybridized carbons (Fsp3) is 0.481. The molecule has 1 unspecified atom stereocenters. The van der Waals surface area contributed by atoms with Crippen LogP contribution in [0.15, 0.2) is 48.5 Å². The average molecular weight is 436 g/mol. The Kier molecular flexibility index (Phi) is 9.00. The molecule has 32 heavy (non-hydrogen) atoms. The number of likely N-dealkylation sites (tertiary alicyclic amines) is 1. The number of hydrogen-bond acceptors (Lipinski definition) is 5. The number of nitrogen functional groups attached to an aromatic ring is 1. The number of para-hydroxylation sites is 1. The van der Waals surface area contributed by atoms with Gasteiger partial charge in [-0.3, -0.25) is 9.69 Å². The second kappa shape index (κ2) is 11.9. The number of rotatable bonds is 5. The highest BCUT2D eigenvalue weighted by molar-refractivity contribution is 6.12. The first-order chi connectivity index (χ1) is 15.5. The number of carbonyl (C=O) groups is 2. The van der Waals surface area contributed by atoms with Crippen LogP contribution >= 0.6 is 0 Å². The lowest BCUT2D eigenvalue weighted by Crippen LogP contribution is -2.32. The molecular weight excluding hydrogens is 398 g/mol. The van der Waals surface area contributed by atoms with Gasteiger partial charge in [-0.1, -0.05) is 48.9 Å². The summed E-state index contributed by atoms with van der Waals surface area (Å²) in [4.78, 5) is 25.4. The molecule has 0 amide bonds. The quantitative estimate of drug-likeness (QED) is 0.402. The lowest BCUT2D eigenvalue weighted by Gasteiger charge is -2.33. The zero-order valence-electron chi connectivity index (χ0n) is 19.2. The Hall–Kier alpha value is -2.50. The molecule has 2 fully saturated rings. The molecule has 0 spiro atoms. The molecule has 1 saturated carbocycles. The van der Waals surface area contributed by atoms with Gasteiger partial charge >= 0.3 is 0 Å². The van der Waals surface area contributed by atoms with Crippen molar-refractivity contribution in [3.05, 3.63) is 65.2 Å². The van der Waals surface area contributed by atoms with Crippen LogP contribution in [0.3, 0.4) is 0 Å². The van der Waals surface area contributed by atoms with E-state index in [1.165, 1.54) is 19.3 Å². The summed E-state index contributed by atoms with van der Waals surface area (Å²) in [6, 6.07) is 15.8. The van der Waals surface area contributed by atoms with Gasteiger partial charge in [0.25, 0.3) is 0 Å². The first-order valence-electron chi connectivity index (χ1n) is 11.9. The topological polar surface area (TPSA) is 89.4 Å². The Bertz CT molecular complexity index is 870. The molecule has 2 aliphatic rings. The third kappa shape index (κ3) is 6.27. The number of nitrogens with two attached hydrogens (primary N) is 2. The second-order valence-electron chi connectivity index (χ2n) is 9.09. The molecule has 5 heteroatoms. The van der Waals surface area contributed by atoms with Crippen molar-refractivity contribution >= 4 is 17.8 Å². The SMILES string of the molecule is CC(c1cccc(C(=O)c2ccccc2)c1N)N1CCCCC1.NC1CCC(C=O)CC1. The van der Waals surface area contributed by atoms with Gasteiger partial charge in [0, 0.05) is 34.8 Å². The summed E-state index contributed by atoms with van der Waals surface area (Å²) < 4.78 is 0. The Morgan fingerprint density at radius 2 is 1.62 bits per heavy atom. The van der Waals surface area contributed by atoms with E-state index in [4.69, 9.17) is 11.5 Å². The van der Waals surface area contributed by atoms with Crippen LogP contribution in [0.2, 0.25) is 0 Å². The summed E-state index contributed by atoms with van der Waals surface area (Å²) in [7, 11) is 0. The predicted molar refractivity (Wildman–Crippen MR) is 131 cm³/mol. The average Bonchev–Trinajstić information content (AvgIpc) is 2.85. The number of ketones is 1. The lowest BCUT2D eigenvalue weighted by molar-refractivity contribution is -0.111. The van der Waals surface area contributed by atoms with Crippen molar-refractivity contribution in [1.82, 2.24) is 4.90 Å². The molecule has 0 radical (unpaired) electrons. The van der Waals surface area contributed by atoms with Crippen LogP contribution in [-0.2, 0) is 4.79 Å². The van der Waals surface area contributed by atoms with Gasteiger partial charge in [-0.25, -0.2) is 0 Å². The normalized spacial score (nSPS) is 22.3. The van der Waals surface area contributed by atoms with E-state index < -0.39 is 0 Å². The van der Waals surface area contributed by atoms with Crippen molar-refractivity contribution in [3.8, 4) is 0 Å². The highest BCUT2D eigenvalue weighted by Gasteiger charge is 2.22. The van der Waals surface area contributed by atoms with E-state index in [1.54, 1.807) is 0 Å². The van der Waals surface area contributed by atoms with E-state index in [9.17, 15) is 9.59 Å². The van der Waals surface area contributed by atoms with Crippen molar-refractivity contribution in [2.24, 2.45) is 11.7 Å². The third-order valence-electron chi connectivity index (χ3n) is 6.82. The van der Waals surface area contributed by atoms with Gasteiger partial charge in [-0.2, -0.15) is 0 Å². The Balaban J connectivity index is 0.000000269. The first-order valence-corrected chi connectivity index (χ1v) is 11.9. The molecule has 4 N–H and O–H groups in total. The fourth-order valence-electron chi connectivity index (χ4n) is 4.67. The molecule has 172 valence electrons. The highest BCUT2D eigenvalue weighted by atomic mass is 16.1. The summed E-state index contributed by atoms with van der Waals surface area (Å²) in [5, 5.41) is 0. The predicted octanol–water partition coefficient (Wildman–Crippen LogP) is 4.75. The molecule has 1 atom stereocenters. The minimum atomic E-state index is -0.00389. The van der Waals surface area contributed by atoms with E-state index in [2.05, 4.69) is 17.9 Å². The van der Waals surface area contributed by atoms with Crippen LogP contribution < -0.4 is 11.5 Å². The Morgan fingerprint density at radius 1 is 0.969 bits per heavy atom. The van der Waals surface area contributed by atoms with Gasteiger partial charge in [0.1, 0.15) is 6.29 Å². The van der Waals surface area contributed by atoms with E-state index in [0.717, 1.165) is 50.6 Å². The second-order valence-corrected chi connectivity index (χ2v) is 9.09. The number of aldehydes is 1. The summed E-state index contributed by atoms with van der Waals surface area (Å²) >= 11 is 0. The summed E-state index contributed by atoms with van der Waals surface area (Å²) in [6.07, 6.45) is 8.93. The van der Waals surface area contributed by atoms with Crippen LogP contribution in [0, 0.1) is 5.92 Å². The van der Waals surface area contributed by atoms with Gasteiger partial charge in [-0.05, 0) is 70.2 Å². The minimum absolute atomic E-state index is 0.00389. The number of carbonyl (C=O) groups excluding carboxylic acids is 2. The smallest absolute Gasteiger partial charge is 0.195 e. The molecule has 1 saturated heterocycles. The maximum Gasteiger partial charge on any atom is 0.195 e. The lowest BCUT2D eigenvalue weighted by atomic mass is 9.88. The van der Waals surface area contributed by atoms with Gasteiger partial charge in [0.05, 0.1) is 0 Å². The van der Waals surface area contributed by atoms with Crippen molar-refractivity contribution in [3.63, 3.8) is 0 Å². The molecule has 0 aromatic heterocycles. The largest absolute Gasteiger partial charge is 0.398 e. The van der Waals surface area contributed by atoms with Crippen LogP contribution in [-0.4, -0.2) is 36.1 Å². The molecule has 2 aromatic carbocycles. The molecular formula is C27H37N3O2. The fourth-order valence-corrected chi connectivity index (χ4v) is 4.67. The number of hydrogen-bond donors (Lipinski definition) is 2. The van der Waals surface area contributed by atoms with Crippen molar-refractivity contribution in [1.29, 1.82) is 0 Å². The van der Waals surface area contributed by atoms with Crippen molar-refractivity contribution in [2.75, 3.05) is 18.8 Å². The van der Waals surface area contributed by atoms with Gasteiger partial charge in [-0.15, -0.1) is 0 Å². The van der Waals surface area contributed by atoms with Gasteiger partial charge in [0.2, 0.25) is 0 Å². The zero-order valence-corrected chi connectivity index (χ0v) is 19.2. The minimum Gasteiger partial charge on any atom is -0.398 e.